The van der Waals surface area contributed by atoms with Gasteiger partial charge < -0.3 is 14.9 Å². The molecule has 0 radical (unpaired) electrons. The lowest BCUT2D eigenvalue weighted by Crippen LogP contribution is -2.45. The van der Waals surface area contributed by atoms with E-state index in [9.17, 15) is 14.6 Å². The van der Waals surface area contributed by atoms with E-state index >= 15 is 0 Å². The fourth-order valence-corrected chi connectivity index (χ4v) is 5.57. The number of hydrogen-bond donors (Lipinski definition) is 2. The minimum absolute atomic E-state index is 0.0124. The smallest absolute Gasteiger partial charge is 0.161 e. The van der Waals surface area contributed by atoms with Crippen LogP contribution in [0.4, 0.5) is 4.39 Å². The molecule has 2 N–H and O–H groups in total. The van der Waals surface area contributed by atoms with E-state index in [-0.39, 0.29) is 11.4 Å². The molecule has 190 valence electrons. The summed E-state index contributed by atoms with van der Waals surface area (Å²) in [5, 5.41) is 34.6. The van der Waals surface area contributed by atoms with Gasteiger partial charge in [0, 0.05) is 12.0 Å². The summed E-state index contributed by atoms with van der Waals surface area (Å²) < 4.78 is 24.3. The molecule has 1 saturated heterocycles. The van der Waals surface area contributed by atoms with E-state index in [1.807, 2.05) is 25.1 Å². The second kappa shape index (κ2) is 9.54. The molecule has 4 unspecified atom stereocenters. The number of aliphatic hydroxyl groups is 2. The first kappa shape index (κ1) is 24.1. The Kier molecular flexibility index (Phi) is 6.21. The van der Waals surface area contributed by atoms with Crippen molar-refractivity contribution in [1.29, 1.82) is 0 Å². The minimum atomic E-state index is -1.06. The Morgan fingerprint density at radius 2 is 2.11 bits per heavy atom. The summed E-state index contributed by atoms with van der Waals surface area (Å²) in [6, 6.07) is 9.61. The summed E-state index contributed by atoms with van der Waals surface area (Å²) in [6.07, 6.45) is 0.797. The molecule has 4 heterocycles. The van der Waals surface area contributed by atoms with Gasteiger partial charge in [-0.25, -0.2) is 23.7 Å². The van der Waals surface area contributed by atoms with Gasteiger partial charge in [0.2, 0.25) is 0 Å². The monoisotopic (exact) mass is 541 g/mol. The molecule has 13 heteroatoms. The number of benzene rings is 2. The van der Waals surface area contributed by atoms with Gasteiger partial charge in [-0.3, -0.25) is 0 Å². The van der Waals surface area contributed by atoms with Gasteiger partial charge in [0.15, 0.2) is 5.82 Å². The number of fused-ring (bicyclic) bond motifs is 1. The highest BCUT2D eigenvalue weighted by Gasteiger charge is 2.41. The van der Waals surface area contributed by atoms with Crippen molar-refractivity contribution in [3.63, 3.8) is 0 Å². The highest BCUT2D eigenvalue weighted by molar-refractivity contribution is 7.18. The zero-order chi connectivity index (χ0) is 25.7. The molecule has 1 aliphatic rings. The lowest BCUT2D eigenvalue weighted by molar-refractivity contribution is -0.161. The highest BCUT2D eigenvalue weighted by Crippen LogP contribution is 2.38. The quantitative estimate of drug-likeness (QED) is 0.345. The van der Waals surface area contributed by atoms with Crippen LogP contribution in [0.5, 0.6) is 0 Å². The van der Waals surface area contributed by atoms with Gasteiger partial charge in [0.1, 0.15) is 36.2 Å². The van der Waals surface area contributed by atoms with E-state index in [1.165, 1.54) is 23.1 Å². The zero-order valence-corrected chi connectivity index (χ0v) is 21.0. The third-order valence-electron chi connectivity index (χ3n) is 6.40. The number of aliphatic hydroxyl groups excluding tert-OH is 2. The van der Waals surface area contributed by atoms with Gasteiger partial charge >= 0.3 is 0 Å². The van der Waals surface area contributed by atoms with Gasteiger partial charge in [-0.1, -0.05) is 22.9 Å². The number of nitrogens with zero attached hydrogens (tertiary/aromatic N) is 7. The first-order valence-corrected chi connectivity index (χ1v) is 12.7. The SMILES string of the molecule is Cc1nc2ccc(-n3ncnc3C3CC(n4cc(-c5ccc(Cl)c(F)c5)nn4)C(O)C(CO)O3)cc2s1. The fourth-order valence-electron chi connectivity index (χ4n) is 4.59. The van der Waals surface area contributed by atoms with Crippen LogP contribution in [0.3, 0.4) is 0 Å². The van der Waals surface area contributed by atoms with Crippen LogP contribution < -0.4 is 0 Å². The molecule has 1 fully saturated rings. The molecule has 0 saturated carbocycles. The molecule has 6 rings (SSSR count). The number of aryl methyl sites for hydroxylation is 1. The van der Waals surface area contributed by atoms with Crippen molar-refractivity contribution in [2.24, 2.45) is 0 Å². The maximum atomic E-state index is 14.0. The topological polar surface area (TPSA) is 124 Å². The Bertz CT molecular complexity index is 1590. The Morgan fingerprint density at radius 1 is 1.24 bits per heavy atom. The molecule has 2 aromatic carbocycles. The van der Waals surface area contributed by atoms with Crippen LogP contribution in [0.25, 0.3) is 27.2 Å². The maximum Gasteiger partial charge on any atom is 0.161 e. The summed E-state index contributed by atoms with van der Waals surface area (Å²) in [5.74, 6) is -0.0395. The van der Waals surface area contributed by atoms with E-state index in [4.69, 9.17) is 16.3 Å². The Balaban J connectivity index is 1.32. The Morgan fingerprint density at radius 3 is 2.92 bits per heavy atom. The van der Waals surface area contributed by atoms with Gasteiger partial charge in [0.25, 0.3) is 0 Å². The number of aromatic nitrogens is 7. The van der Waals surface area contributed by atoms with Crippen LogP contribution in [0.1, 0.15) is 29.4 Å². The van der Waals surface area contributed by atoms with Crippen molar-refractivity contribution in [3.8, 4) is 16.9 Å². The lowest BCUT2D eigenvalue weighted by Gasteiger charge is -2.38. The zero-order valence-electron chi connectivity index (χ0n) is 19.4. The molecule has 10 nitrogen and oxygen atoms in total. The molecule has 4 atom stereocenters. The first-order valence-electron chi connectivity index (χ1n) is 11.5. The molecular weight excluding hydrogens is 521 g/mol. The molecular formula is C24H21ClFN7O3S. The predicted molar refractivity (Wildman–Crippen MR) is 134 cm³/mol. The van der Waals surface area contributed by atoms with Crippen molar-refractivity contribution in [3.05, 3.63) is 70.6 Å². The summed E-state index contributed by atoms with van der Waals surface area (Å²) in [6.45, 7) is 1.55. The predicted octanol–water partition coefficient (Wildman–Crippen LogP) is 3.66. The number of rotatable bonds is 5. The van der Waals surface area contributed by atoms with Crippen molar-refractivity contribution in [1.82, 2.24) is 34.7 Å². The van der Waals surface area contributed by atoms with E-state index < -0.39 is 36.8 Å². The van der Waals surface area contributed by atoms with Crippen LogP contribution in [-0.2, 0) is 4.74 Å². The standard InChI is InChI=1S/C24H21ClFN7O3S/c1-12-29-17-5-3-14(7-22(17)37-12)33-24(27-11-28-33)20-8-19(23(35)21(10-34)36-20)32-9-18(30-31-32)13-2-4-15(25)16(26)6-13/h2-7,9,11,19-21,23,34-35H,8,10H2,1H3. The maximum absolute atomic E-state index is 14.0. The van der Waals surface area contributed by atoms with Crippen LogP contribution in [0, 0.1) is 12.7 Å². The third-order valence-corrected chi connectivity index (χ3v) is 7.64. The first-order chi connectivity index (χ1) is 17.9. The van der Waals surface area contributed by atoms with Crippen molar-refractivity contribution in [2.45, 2.75) is 37.7 Å². The van der Waals surface area contributed by atoms with Crippen molar-refractivity contribution < 1.29 is 19.3 Å². The van der Waals surface area contributed by atoms with Crippen molar-refractivity contribution in [2.75, 3.05) is 6.61 Å². The fraction of sp³-hybridized carbons (Fsp3) is 0.292. The van der Waals surface area contributed by atoms with Gasteiger partial charge in [-0.2, -0.15) is 5.10 Å². The number of ether oxygens (including phenoxy) is 1. The second-order valence-electron chi connectivity index (χ2n) is 8.77. The highest BCUT2D eigenvalue weighted by atomic mass is 35.5. The molecule has 0 bridgehead atoms. The number of thiazole rings is 1. The van der Waals surface area contributed by atoms with Crippen molar-refractivity contribution >= 4 is 33.2 Å². The van der Waals surface area contributed by atoms with Gasteiger partial charge in [-0.05, 0) is 37.3 Å². The van der Waals surface area contributed by atoms with E-state index in [1.54, 1.807) is 28.3 Å². The van der Waals surface area contributed by atoms with Gasteiger partial charge in [-0.15, -0.1) is 16.4 Å². The average molecular weight is 542 g/mol. The Hall–Kier alpha value is -3.29. The normalized spacial score (nSPS) is 22.1. The minimum Gasteiger partial charge on any atom is -0.394 e. The summed E-state index contributed by atoms with van der Waals surface area (Å²) >= 11 is 7.39. The van der Waals surface area contributed by atoms with Crippen LogP contribution in [0.15, 0.2) is 48.9 Å². The Labute approximate surface area is 218 Å². The van der Waals surface area contributed by atoms with Crippen LogP contribution in [-0.4, -0.2) is 63.8 Å². The summed E-state index contributed by atoms with van der Waals surface area (Å²) in [7, 11) is 0. The van der Waals surface area contributed by atoms with Crippen LogP contribution >= 0.6 is 22.9 Å². The van der Waals surface area contributed by atoms with E-state index in [2.05, 4.69) is 25.4 Å². The van der Waals surface area contributed by atoms with Gasteiger partial charge in [0.05, 0.1) is 44.8 Å². The van der Waals surface area contributed by atoms with E-state index in [0.717, 1.165) is 20.9 Å². The van der Waals surface area contributed by atoms with E-state index in [0.29, 0.717) is 17.1 Å². The molecule has 3 aromatic heterocycles. The summed E-state index contributed by atoms with van der Waals surface area (Å²) in [4.78, 5) is 8.95. The van der Waals surface area contributed by atoms with Crippen LogP contribution in [0.2, 0.25) is 5.02 Å². The molecule has 0 aliphatic carbocycles. The molecule has 0 spiro atoms. The molecule has 1 aliphatic heterocycles. The average Bonchev–Trinajstić information content (AvgIpc) is 3.64. The largest absolute Gasteiger partial charge is 0.394 e. The third kappa shape index (κ3) is 4.40. The summed E-state index contributed by atoms with van der Waals surface area (Å²) in [5.41, 5.74) is 2.62. The number of hydrogen-bond acceptors (Lipinski definition) is 9. The second-order valence-corrected chi connectivity index (χ2v) is 10.4. The number of halogens is 2. The molecule has 0 amide bonds. The lowest BCUT2D eigenvalue weighted by atomic mass is 9.95. The molecule has 37 heavy (non-hydrogen) atoms. The molecule has 5 aromatic rings.